The molecular weight excluding hydrogens is 273 g/mol. The van der Waals surface area contributed by atoms with E-state index in [0.717, 1.165) is 11.3 Å². The zero-order valence-electron chi connectivity index (χ0n) is 10.3. The number of amides is 1. The van der Waals surface area contributed by atoms with E-state index in [1.165, 1.54) is 0 Å². The summed E-state index contributed by atoms with van der Waals surface area (Å²) in [6.07, 6.45) is 1.86. The van der Waals surface area contributed by atoms with Crippen molar-refractivity contribution in [3.63, 3.8) is 0 Å². The lowest BCUT2D eigenvalue weighted by atomic mass is 10.1. The second kappa shape index (κ2) is 8.22. The Balaban J connectivity index is 2.43. The van der Waals surface area contributed by atoms with Gasteiger partial charge in [0.1, 0.15) is 5.75 Å². The van der Waals surface area contributed by atoms with Gasteiger partial charge in [-0.25, -0.2) is 0 Å². The van der Waals surface area contributed by atoms with Crippen molar-refractivity contribution in [1.82, 2.24) is 5.32 Å². The number of rotatable bonds is 7. The first kappa shape index (κ1) is 15.1. The van der Waals surface area contributed by atoms with Crippen LogP contribution in [0.2, 0.25) is 5.02 Å². The van der Waals surface area contributed by atoms with Crippen LogP contribution in [-0.2, 0) is 11.2 Å². The molecule has 0 spiro atoms. The molecule has 0 heterocycles. The van der Waals surface area contributed by atoms with Gasteiger partial charge in [0.2, 0.25) is 5.91 Å². The minimum absolute atomic E-state index is 0.0247. The van der Waals surface area contributed by atoms with Gasteiger partial charge in [0.25, 0.3) is 0 Å². The maximum atomic E-state index is 11.4. The van der Waals surface area contributed by atoms with Crippen molar-refractivity contribution in [2.75, 3.05) is 19.5 Å². The molecule has 100 valence electrons. The first-order chi connectivity index (χ1) is 8.67. The van der Waals surface area contributed by atoms with E-state index in [4.69, 9.17) is 27.9 Å². The van der Waals surface area contributed by atoms with Crippen LogP contribution in [0, 0.1) is 0 Å². The van der Waals surface area contributed by atoms with Gasteiger partial charge in [-0.05, 0) is 36.6 Å². The quantitative estimate of drug-likeness (QED) is 0.784. The highest BCUT2D eigenvalue weighted by Gasteiger charge is 2.05. The SMILES string of the molecule is COc1ccc(Cl)cc1CCNC(=O)CCCCl. The van der Waals surface area contributed by atoms with Crippen molar-refractivity contribution in [2.45, 2.75) is 19.3 Å². The fourth-order valence-electron chi connectivity index (χ4n) is 1.59. The lowest BCUT2D eigenvalue weighted by Gasteiger charge is -2.09. The molecule has 0 atom stereocenters. The van der Waals surface area contributed by atoms with Crippen LogP contribution < -0.4 is 10.1 Å². The van der Waals surface area contributed by atoms with E-state index in [1.807, 2.05) is 12.1 Å². The van der Waals surface area contributed by atoms with Crippen LogP contribution in [0.3, 0.4) is 0 Å². The van der Waals surface area contributed by atoms with Crippen LogP contribution in [-0.4, -0.2) is 25.4 Å². The Morgan fingerprint density at radius 2 is 2.22 bits per heavy atom. The van der Waals surface area contributed by atoms with Crippen molar-refractivity contribution < 1.29 is 9.53 Å². The smallest absolute Gasteiger partial charge is 0.220 e. The van der Waals surface area contributed by atoms with Crippen molar-refractivity contribution in [1.29, 1.82) is 0 Å². The maximum Gasteiger partial charge on any atom is 0.220 e. The second-order valence-corrected chi connectivity index (χ2v) is 4.66. The zero-order chi connectivity index (χ0) is 13.4. The summed E-state index contributed by atoms with van der Waals surface area (Å²) in [7, 11) is 1.62. The number of hydrogen-bond donors (Lipinski definition) is 1. The molecule has 1 N–H and O–H groups in total. The molecule has 5 heteroatoms. The van der Waals surface area contributed by atoms with Gasteiger partial charge < -0.3 is 10.1 Å². The largest absolute Gasteiger partial charge is 0.496 e. The van der Waals surface area contributed by atoms with Gasteiger partial charge in [-0.3, -0.25) is 4.79 Å². The fourth-order valence-corrected chi connectivity index (χ4v) is 1.92. The van der Waals surface area contributed by atoms with Crippen LogP contribution in [0.5, 0.6) is 5.75 Å². The predicted octanol–water partition coefficient (Wildman–Crippen LogP) is 3.03. The Kier molecular flexibility index (Phi) is 6.91. The van der Waals surface area contributed by atoms with Crippen LogP contribution in [0.4, 0.5) is 0 Å². The molecule has 0 saturated carbocycles. The van der Waals surface area contributed by atoms with Gasteiger partial charge >= 0.3 is 0 Å². The Morgan fingerprint density at radius 1 is 1.44 bits per heavy atom. The first-order valence-corrected chi connectivity index (χ1v) is 6.73. The third-order valence-electron chi connectivity index (χ3n) is 2.50. The average Bonchev–Trinajstić information content (AvgIpc) is 2.36. The number of hydrogen-bond acceptors (Lipinski definition) is 2. The van der Waals surface area contributed by atoms with Gasteiger partial charge in [0.05, 0.1) is 7.11 Å². The molecule has 1 rings (SSSR count). The topological polar surface area (TPSA) is 38.3 Å². The van der Waals surface area contributed by atoms with E-state index in [9.17, 15) is 4.79 Å². The second-order valence-electron chi connectivity index (χ2n) is 3.85. The summed E-state index contributed by atoms with van der Waals surface area (Å²) in [5.74, 6) is 1.32. The van der Waals surface area contributed by atoms with Gasteiger partial charge in [0.15, 0.2) is 0 Å². The standard InChI is InChI=1S/C13H17Cl2NO2/c1-18-12-5-4-11(15)9-10(12)6-8-16-13(17)3-2-7-14/h4-5,9H,2-3,6-8H2,1H3,(H,16,17). The summed E-state index contributed by atoms with van der Waals surface area (Å²) in [5.41, 5.74) is 0.989. The Hall–Kier alpha value is -0.930. The molecule has 0 bridgehead atoms. The molecule has 0 aliphatic carbocycles. The monoisotopic (exact) mass is 289 g/mol. The highest BCUT2D eigenvalue weighted by molar-refractivity contribution is 6.30. The predicted molar refractivity (Wildman–Crippen MR) is 74.7 cm³/mol. The first-order valence-electron chi connectivity index (χ1n) is 5.82. The van der Waals surface area contributed by atoms with Crippen molar-refractivity contribution in [2.24, 2.45) is 0 Å². The number of benzene rings is 1. The molecule has 0 aliphatic heterocycles. The highest BCUT2D eigenvalue weighted by Crippen LogP contribution is 2.22. The van der Waals surface area contributed by atoms with Crippen LogP contribution >= 0.6 is 23.2 Å². The lowest BCUT2D eigenvalue weighted by molar-refractivity contribution is -0.121. The van der Waals surface area contributed by atoms with Crippen molar-refractivity contribution >= 4 is 29.1 Å². The van der Waals surface area contributed by atoms with Crippen LogP contribution in [0.15, 0.2) is 18.2 Å². The molecule has 18 heavy (non-hydrogen) atoms. The summed E-state index contributed by atoms with van der Waals surface area (Å²) >= 11 is 11.4. The maximum absolute atomic E-state index is 11.4. The summed E-state index contributed by atoms with van der Waals surface area (Å²) in [6, 6.07) is 5.46. The number of carbonyl (C=O) groups is 1. The summed E-state index contributed by atoms with van der Waals surface area (Å²) in [6.45, 7) is 0.567. The molecule has 1 aromatic rings. The molecule has 0 aromatic heterocycles. The Bertz CT molecular complexity index is 397. The fraction of sp³-hybridized carbons (Fsp3) is 0.462. The minimum Gasteiger partial charge on any atom is -0.496 e. The summed E-state index contributed by atoms with van der Waals surface area (Å²) < 4.78 is 5.23. The molecule has 1 aromatic carbocycles. The molecule has 0 unspecified atom stereocenters. The molecular formula is C13H17Cl2NO2. The number of alkyl halides is 1. The lowest BCUT2D eigenvalue weighted by Crippen LogP contribution is -2.25. The Morgan fingerprint density at radius 3 is 2.89 bits per heavy atom. The Labute approximate surface area is 117 Å². The molecule has 0 radical (unpaired) electrons. The molecule has 0 fully saturated rings. The van der Waals surface area contributed by atoms with Crippen LogP contribution in [0.1, 0.15) is 18.4 Å². The van der Waals surface area contributed by atoms with E-state index in [0.29, 0.717) is 36.7 Å². The van der Waals surface area contributed by atoms with Gasteiger partial charge in [-0.15, -0.1) is 11.6 Å². The third-order valence-corrected chi connectivity index (χ3v) is 3.00. The average molecular weight is 290 g/mol. The van der Waals surface area contributed by atoms with Gasteiger partial charge in [0, 0.05) is 23.9 Å². The van der Waals surface area contributed by atoms with Gasteiger partial charge in [-0.2, -0.15) is 0 Å². The van der Waals surface area contributed by atoms with E-state index >= 15 is 0 Å². The number of halogens is 2. The number of nitrogens with one attached hydrogen (secondary N) is 1. The normalized spacial score (nSPS) is 10.2. The minimum atomic E-state index is 0.0247. The summed E-state index contributed by atoms with van der Waals surface area (Å²) in [5, 5.41) is 3.51. The highest BCUT2D eigenvalue weighted by atomic mass is 35.5. The van der Waals surface area contributed by atoms with E-state index < -0.39 is 0 Å². The molecule has 0 aliphatic rings. The van der Waals surface area contributed by atoms with Gasteiger partial charge in [-0.1, -0.05) is 11.6 Å². The number of ether oxygens (including phenoxy) is 1. The number of methoxy groups -OCH3 is 1. The van der Waals surface area contributed by atoms with Crippen molar-refractivity contribution in [3.8, 4) is 5.75 Å². The molecule has 1 amide bonds. The van der Waals surface area contributed by atoms with E-state index in [1.54, 1.807) is 13.2 Å². The summed E-state index contributed by atoms with van der Waals surface area (Å²) in [4.78, 5) is 11.4. The van der Waals surface area contributed by atoms with E-state index in [2.05, 4.69) is 5.32 Å². The van der Waals surface area contributed by atoms with Crippen molar-refractivity contribution in [3.05, 3.63) is 28.8 Å². The zero-order valence-corrected chi connectivity index (χ0v) is 11.9. The van der Waals surface area contributed by atoms with E-state index in [-0.39, 0.29) is 5.91 Å². The molecule has 3 nitrogen and oxygen atoms in total. The van der Waals surface area contributed by atoms with Crippen LogP contribution in [0.25, 0.3) is 0 Å². The number of carbonyl (C=O) groups excluding carboxylic acids is 1. The molecule has 0 saturated heterocycles. The third kappa shape index (κ3) is 5.15.